The van der Waals surface area contributed by atoms with Crippen molar-refractivity contribution in [1.29, 1.82) is 0 Å². The molecule has 1 aromatic heterocycles. The molecule has 0 spiro atoms. The van der Waals surface area contributed by atoms with Gasteiger partial charge < -0.3 is 21.3 Å². The van der Waals surface area contributed by atoms with Gasteiger partial charge in [-0.15, -0.1) is 11.3 Å². The lowest BCUT2D eigenvalue weighted by Gasteiger charge is -2.19. The maximum absolute atomic E-state index is 12.5. The number of nitrogens with one attached hydrogen (secondary N) is 2. The number of hydrogen-bond donors (Lipinski definition) is 3. The highest BCUT2D eigenvalue weighted by molar-refractivity contribution is 7.10. The largest absolute Gasteiger partial charge is 0.387 e. The summed E-state index contributed by atoms with van der Waals surface area (Å²) in [4.78, 5) is 20.7. The molecule has 0 radical (unpaired) electrons. The smallest absolute Gasteiger partial charge is 0.225 e. The summed E-state index contributed by atoms with van der Waals surface area (Å²) in [5.41, 5.74) is 12.8. The quantitative estimate of drug-likeness (QED) is 0.135. The second kappa shape index (κ2) is 12.5. The summed E-state index contributed by atoms with van der Waals surface area (Å²) in [5.74, 6) is 0.612. The van der Waals surface area contributed by atoms with Gasteiger partial charge in [-0.1, -0.05) is 48.5 Å². The topological polar surface area (TPSA) is 82.7 Å². The monoisotopic (exact) mass is 523 g/mol. The minimum atomic E-state index is 0.0105. The van der Waals surface area contributed by atoms with Crippen LogP contribution in [0, 0.1) is 0 Å². The zero-order chi connectivity index (χ0) is 26.2. The first-order chi connectivity index (χ1) is 18.6. The number of amides is 1. The van der Waals surface area contributed by atoms with E-state index in [0.29, 0.717) is 31.8 Å². The van der Waals surface area contributed by atoms with Gasteiger partial charge in [-0.2, -0.15) is 0 Å². The van der Waals surface area contributed by atoms with Crippen LogP contribution < -0.4 is 21.3 Å². The van der Waals surface area contributed by atoms with Gasteiger partial charge in [-0.3, -0.25) is 4.79 Å². The lowest BCUT2D eigenvalue weighted by molar-refractivity contribution is -0.116. The highest BCUT2D eigenvalue weighted by Crippen LogP contribution is 2.31. The second-order valence-corrected chi connectivity index (χ2v) is 10.5. The summed E-state index contributed by atoms with van der Waals surface area (Å²) in [6, 6.07) is 28.9. The van der Waals surface area contributed by atoms with Crippen LogP contribution in [0.1, 0.15) is 28.0 Å². The first-order valence-corrected chi connectivity index (χ1v) is 13.9. The van der Waals surface area contributed by atoms with Crippen LogP contribution in [0.2, 0.25) is 0 Å². The van der Waals surface area contributed by atoms with Crippen molar-refractivity contribution in [3.8, 4) is 0 Å². The van der Waals surface area contributed by atoms with E-state index in [9.17, 15) is 4.79 Å². The molecule has 0 saturated carbocycles. The molecule has 2 heterocycles. The summed E-state index contributed by atoms with van der Waals surface area (Å²) >= 11 is 1.68. The Balaban J connectivity index is 1.06. The van der Waals surface area contributed by atoms with Gasteiger partial charge in [0, 0.05) is 55.3 Å². The third kappa shape index (κ3) is 7.09. The molecule has 1 aliphatic rings. The molecule has 1 amide bonds. The third-order valence-electron chi connectivity index (χ3n) is 6.55. The van der Waals surface area contributed by atoms with Gasteiger partial charge in [0.05, 0.1) is 5.69 Å². The molecule has 4 N–H and O–H groups in total. The van der Waals surface area contributed by atoms with Gasteiger partial charge >= 0.3 is 0 Å². The van der Waals surface area contributed by atoms with Crippen LogP contribution in [-0.4, -0.2) is 24.8 Å². The number of anilines is 2. The zero-order valence-corrected chi connectivity index (χ0v) is 22.2. The Hall–Kier alpha value is -3.94. The number of benzene rings is 3. The van der Waals surface area contributed by atoms with Crippen molar-refractivity contribution < 1.29 is 4.79 Å². The van der Waals surface area contributed by atoms with Crippen molar-refractivity contribution in [3.05, 3.63) is 112 Å². The van der Waals surface area contributed by atoms with Gasteiger partial charge in [0.15, 0.2) is 0 Å². The Morgan fingerprint density at radius 2 is 1.84 bits per heavy atom. The highest BCUT2D eigenvalue weighted by atomic mass is 32.1. The predicted octanol–water partition coefficient (Wildman–Crippen LogP) is 5.66. The number of amidine groups is 1. The van der Waals surface area contributed by atoms with Crippen molar-refractivity contribution in [3.63, 3.8) is 0 Å². The maximum atomic E-state index is 12.5. The van der Waals surface area contributed by atoms with Gasteiger partial charge in [0.2, 0.25) is 5.91 Å². The van der Waals surface area contributed by atoms with E-state index in [2.05, 4.69) is 63.0 Å². The van der Waals surface area contributed by atoms with Crippen LogP contribution in [0.5, 0.6) is 0 Å². The highest BCUT2D eigenvalue weighted by Gasteiger charge is 2.19. The van der Waals surface area contributed by atoms with E-state index in [-0.39, 0.29) is 5.91 Å². The lowest BCUT2D eigenvalue weighted by atomic mass is 10.1. The predicted molar refractivity (Wildman–Crippen MR) is 158 cm³/mol. The van der Waals surface area contributed by atoms with Crippen molar-refractivity contribution in [2.75, 3.05) is 23.3 Å². The minimum absolute atomic E-state index is 0.0105. The van der Waals surface area contributed by atoms with Crippen LogP contribution in [0.25, 0.3) is 0 Å². The lowest BCUT2D eigenvalue weighted by Crippen LogP contribution is -2.21. The number of carbonyl (C=O) groups is 1. The molecule has 0 bridgehead atoms. The van der Waals surface area contributed by atoms with Gasteiger partial charge in [0.1, 0.15) is 5.84 Å². The van der Waals surface area contributed by atoms with Crippen molar-refractivity contribution in [1.82, 2.24) is 5.32 Å². The Labute approximate surface area is 228 Å². The molecule has 0 unspecified atom stereocenters. The van der Waals surface area contributed by atoms with Crippen LogP contribution in [0.3, 0.4) is 0 Å². The molecule has 0 fully saturated rings. The van der Waals surface area contributed by atoms with Gasteiger partial charge in [-0.25, -0.2) is 4.99 Å². The Morgan fingerprint density at radius 1 is 0.974 bits per heavy atom. The summed E-state index contributed by atoms with van der Waals surface area (Å²) < 4.78 is 0. The molecule has 0 aliphatic carbocycles. The maximum Gasteiger partial charge on any atom is 0.225 e. The number of carbonyl (C=O) groups excluding carboxylic acids is 1. The minimum Gasteiger partial charge on any atom is -0.387 e. The number of aliphatic imine (C=N–C) groups is 1. The van der Waals surface area contributed by atoms with E-state index < -0.39 is 0 Å². The van der Waals surface area contributed by atoms with Crippen molar-refractivity contribution >= 4 is 40.1 Å². The fourth-order valence-corrected chi connectivity index (χ4v) is 5.43. The summed E-state index contributed by atoms with van der Waals surface area (Å²) in [7, 11) is 0. The first-order valence-electron chi connectivity index (χ1n) is 13.0. The normalized spacial score (nSPS) is 12.9. The molecule has 0 saturated heterocycles. The average molecular weight is 524 g/mol. The molecular formula is C31H33N5OS. The van der Waals surface area contributed by atoms with E-state index in [1.54, 1.807) is 11.3 Å². The Bertz CT molecular complexity index is 1380. The Morgan fingerprint density at radius 3 is 2.68 bits per heavy atom. The van der Waals surface area contributed by atoms with E-state index in [1.807, 2.05) is 47.8 Å². The van der Waals surface area contributed by atoms with Crippen LogP contribution in [0.4, 0.5) is 17.1 Å². The van der Waals surface area contributed by atoms with Crippen LogP contribution in [0.15, 0.2) is 95.3 Å². The Kier molecular flexibility index (Phi) is 8.48. The average Bonchev–Trinajstić information content (AvgIpc) is 3.57. The molecule has 5 rings (SSSR count). The van der Waals surface area contributed by atoms with Gasteiger partial charge in [-0.05, 0) is 64.9 Å². The second-order valence-electron chi connectivity index (χ2n) is 9.50. The summed E-state index contributed by atoms with van der Waals surface area (Å²) in [6.07, 6.45) is 2.06. The molecule has 7 heteroatoms. The standard InChI is InChI=1S/C31H33N5OS/c32-30(20-28-10-5-17-38-28)34-26-9-4-8-24(18-26)21-33-15-13-31(37)35-27-11-12-29-25(19-27)14-16-36(29)22-23-6-2-1-3-7-23/h1-12,17-19,33H,13-16,20-22H2,(H2,32,34)(H,35,37). The molecule has 194 valence electrons. The van der Waals surface area contributed by atoms with E-state index in [4.69, 9.17) is 5.73 Å². The summed E-state index contributed by atoms with van der Waals surface area (Å²) in [6.45, 7) is 3.16. The van der Waals surface area contributed by atoms with E-state index in [0.717, 1.165) is 36.4 Å². The molecule has 4 aromatic rings. The number of nitrogens with zero attached hydrogens (tertiary/aromatic N) is 2. The number of hydrogen-bond acceptors (Lipinski definition) is 5. The van der Waals surface area contributed by atoms with Crippen LogP contribution in [-0.2, 0) is 30.7 Å². The molecular weight excluding hydrogens is 490 g/mol. The molecule has 6 nitrogen and oxygen atoms in total. The van der Waals surface area contributed by atoms with Crippen molar-refractivity contribution in [2.45, 2.75) is 32.4 Å². The van der Waals surface area contributed by atoms with Crippen LogP contribution >= 0.6 is 11.3 Å². The van der Waals surface area contributed by atoms with Crippen molar-refractivity contribution in [2.24, 2.45) is 10.7 Å². The third-order valence-corrected chi connectivity index (χ3v) is 7.42. The zero-order valence-electron chi connectivity index (χ0n) is 21.4. The number of thiophene rings is 1. The fraction of sp³-hybridized carbons (Fsp3) is 0.226. The molecule has 3 aromatic carbocycles. The van der Waals surface area contributed by atoms with E-state index in [1.165, 1.54) is 21.7 Å². The molecule has 1 aliphatic heterocycles. The molecule has 0 atom stereocenters. The first kappa shape index (κ1) is 25.7. The van der Waals surface area contributed by atoms with E-state index >= 15 is 0 Å². The number of rotatable bonds is 11. The molecule has 38 heavy (non-hydrogen) atoms. The SMILES string of the molecule is NC(Cc1cccs1)=Nc1cccc(CNCCC(=O)Nc2ccc3c(c2)CCN3Cc2ccccc2)c1. The number of nitrogens with two attached hydrogens (primary N) is 1. The number of fused-ring (bicyclic) bond motifs is 1. The summed E-state index contributed by atoms with van der Waals surface area (Å²) in [5, 5.41) is 8.46. The fourth-order valence-electron chi connectivity index (χ4n) is 4.71. The van der Waals surface area contributed by atoms with Gasteiger partial charge in [0.25, 0.3) is 0 Å².